The number of carbonyl (C=O) groups is 6. The van der Waals surface area contributed by atoms with Gasteiger partial charge in [-0.3, -0.25) is 24.0 Å². The Morgan fingerprint density at radius 1 is 0.707 bits per heavy atom. The fourth-order valence-corrected chi connectivity index (χ4v) is 3.80. The van der Waals surface area contributed by atoms with Gasteiger partial charge >= 0.3 is 11.9 Å². The van der Waals surface area contributed by atoms with E-state index in [2.05, 4.69) is 16.0 Å². The lowest BCUT2D eigenvalue weighted by Crippen LogP contribution is -2.58. The maximum absolute atomic E-state index is 13.4. The number of nitrogens with two attached hydrogens (primary N) is 2. The van der Waals surface area contributed by atoms with Crippen LogP contribution in [-0.4, -0.2) is 75.1 Å². The predicted octanol–water partition coefficient (Wildman–Crippen LogP) is -1.22. The van der Waals surface area contributed by atoms with E-state index in [1.54, 1.807) is 30.3 Å². The molecular weight excluding hydrogens is 538 g/mol. The molecule has 2 aromatic carbocycles. The van der Waals surface area contributed by atoms with Gasteiger partial charge in [-0.1, -0.05) is 42.5 Å². The number of hydrogen-bond donors (Lipinski definition) is 8. The molecule has 0 aliphatic rings. The summed E-state index contributed by atoms with van der Waals surface area (Å²) in [6.07, 6.45) is -1.66. The average molecular weight is 572 g/mol. The summed E-state index contributed by atoms with van der Waals surface area (Å²) in [5.41, 5.74) is 12.4. The molecule has 4 atom stereocenters. The molecule has 10 N–H and O–H groups in total. The van der Waals surface area contributed by atoms with Crippen LogP contribution in [0.4, 0.5) is 0 Å². The molecule has 4 amide bonds. The number of carboxylic acid groups (broad SMARTS) is 2. The lowest BCUT2D eigenvalue weighted by molar-refractivity contribution is -0.144. The first-order valence-corrected chi connectivity index (χ1v) is 12.6. The number of carbonyl (C=O) groups excluding carboxylic acids is 4. The summed E-state index contributed by atoms with van der Waals surface area (Å²) < 4.78 is 0. The van der Waals surface area contributed by atoms with Crippen LogP contribution in [0.3, 0.4) is 0 Å². The van der Waals surface area contributed by atoms with E-state index in [1.807, 2.05) is 0 Å². The Hall–Kier alpha value is -4.98. The zero-order valence-electron chi connectivity index (χ0n) is 22.0. The highest BCUT2D eigenvalue weighted by Crippen LogP contribution is 2.12. The molecule has 2 rings (SSSR count). The lowest BCUT2D eigenvalue weighted by atomic mass is 10.0. The zero-order chi connectivity index (χ0) is 30.5. The molecule has 0 saturated heterocycles. The minimum absolute atomic E-state index is 0.0296. The molecule has 0 fully saturated rings. The van der Waals surface area contributed by atoms with E-state index in [4.69, 9.17) is 16.6 Å². The van der Waals surface area contributed by atoms with Crippen LogP contribution in [0, 0.1) is 0 Å². The second kappa shape index (κ2) is 15.6. The maximum atomic E-state index is 13.4. The van der Waals surface area contributed by atoms with Gasteiger partial charge in [-0.05, 0) is 36.1 Å². The molecule has 0 bridgehead atoms. The third-order valence-corrected chi connectivity index (χ3v) is 5.94. The average Bonchev–Trinajstić information content (AvgIpc) is 2.91. The van der Waals surface area contributed by atoms with Crippen LogP contribution in [0.5, 0.6) is 5.75 Å². The number of benzene rings is 2. The van der Waals surface area contributed by atoms with Crippen molar-refractivity contribution in [2.75, 3.05) is 0 Å². The van der Waals surface area contributed by atoms with Crippen LogP contribution in [0.1, 0.15) is 30.4 Å². The van der Waals surface area contributed by atoms with Gasteiger partial charge in [0.05, 0.1) is 12.5 Å². The first-order chi connectivity index (χ1) is 19.3. The number of nitrogens with one attached hydrogen (secondary N) is 3. The Labute approximate surface area is 235 Å². The van der Waals surface area contributed by atoms with Crippen LogP contribution < -0.4 is 27.4 Å². The Kier molecular flexibility index (Phi) is 12.2. The number of phenols is 1. The smallest absolute Gasteiger partial charge is 0.326 e. The van der Waals surface area contributed by atoms with E-state index in [9.17, 15) is 39.0 Å². The normalized spacial score (nSPS) is 13.6. The lowest BCUT2D eigenvalue weighted by Gasteiger charge is -2.25. The monoisotopic (exact) mass is 571 g/mol. The van der Waals surface area contributed by atoms with E-state index in [-0.39, 0.29) is 18.6 Å². The molecule has 0 aromatic heterocycles. The third kappa shape index (κ3) is 11.3. The summed E-state index contributed by atoms with van der Waals surface area (Å²) in [4.78, 5) is 73.0. The first-order valence-electron chi connectivity index (χ1n) is 12.6. The van der Waals surface area contributed by atoms with Crippen molar-refractivity contribution in [2.45, 2.75) is 56.3 Å². The van der Waals surface area contributed by atoms with Crippen LogP contribution in [-0.2, 0) is 41.6 Å². The van der Waals surface area contributed by atoms with Crippen LogP contribution >= 0.6 is 0 Å². The second-order valence-corrected chi connectivity index (χ2v) is 9.29. The van der Waals surface area contributed by atoms with Gasteiger partial charge in [-0.15, -0.1) is 0 Å². The Bertz CT molecular complexity index is 1240. The molecule has 2 aromatic rings. The van der Waals surface area contributed by atoms with Gasteiger partial charge in [0.15, 0.2) is 0 Å². The van der Waals surface area contributed by atoms with E-state index in [1.165, 1.54) is 24.3 Å². The van der Waals surface area contributed by atoms with Crippen molar-refractivity contribution in [1.82, 2.24) is 16.0 Å². The fraction of sp³-hybridized carbons (Fsp3) is 0.333. The van der Waals surface area contributed by atoms with Crippen LogP contribution in [0.25, 0.3) is 0 Å². The molecule has 14 nitrogen and oxygen atoms in total. The van der Waals surface area contributed by atoms with Crippen LogP contribution in [0.15, 0.2) is 54.6 Å². The third-order valence-electron chi connectivity index (χ3n) is 5.94. The number of hydrogen-bond acceptors (Lipinski definition) is 8. The minimum atomic E-state index is -1.72. The molecule has 0 aliphatic heterocycles. The van der Waals surface area contributed by atoms with Crippen LogP contribution in [0.2, 0.25) is 0 Å². The molecule has 0 saturated carbocycles. The van der Waals surface area contributed by atoms with Crippen molar-refractivity contribution >= 4 is 35.6 Å². The molecule has 0 spiro atoms. The van der Waals surface area contributed by atoms with Gasteiger partial charge in [0.25, 0.3) is 0 Å². The van der Waals surface area contributed by atoms with Gasteiger partial charge in [0.2, 0.25) is 23.6 Å². The number of rotatable bonds is 16. The highest BCUT2D eigenvalue weighted by atomic mass is 16.4. The van der Waals surface area contributed by atoms with Crippen molar-refractivity contribution < 1.29 is 44.1 Å². The summed E-state index contributed by atoms with van der Waals surface area (Å²) >= 11 is 0. The first kappa shape index (κ1) is 32.2. The Morgan fingerprint density at radius 2 is 1.24 bits per heavy atom. The largest absolute Gasteiger partial charge is 0.508 e. The predicted molar refractivity (Wildman–Crippen MR) is 144 cm³/mol. The van der Waals surface area contributed by atoms with Crippen molar-refractivity contribution in [3.05, 3.63) is 65.7 Å². The second-order valence-electron chi connectivity index (χ2n) is 9.29. The molecule has 4 unspecified atom stereocenters. The maximum Gasteiger partial charge on any atom is 0.326 e. The molecule has 0 radical (unpaired) electrons. The van der Waals surface area contributed by atoms with Crippen molar-refractivity contribution in [2.24, 2.45) is 11.5 Å². The van der Waals surface area contributed by atoms with Crippen molar-refractivity contribution in [1.29, 1.82) is 0 Å². The highest BCUT2D eigenvalue weighted by molar-refractivity contribution is 5.95. The van der Waals surface area contributed by atoms with Crippen molar-refractivity contribution in [3.8, 4) is 5.75 Å². The SMILES string of the molecule is NC(=O)CC(NC(=O)C(CCC(=O)O)NC(=O)C(Cc1ccc(O)cc1)NC(=O)C(N)Cc1ccccc1)C(=O)O. The Balaban J connectivity index is 2.26. The molecule has 220 valence electrons. The number of primary amides is 1. The Morgan fingerprint density at radius 3 is 1.80 bits per heavy atom. The fourth-order valence-electron chi connectivity index (χ4n) is 3.80. The summed E-state index contributed by atoms with van der Waals surface area (Å²) in [6.45, 7) is 0. The van der Waals surface area contributed by atoms with E-state index >= 15 is 0 Å². The molecule has 14 heteroatoms. The topological polar surface area (TPSA) is 251 Å². The van der Waals surface area contributed by atoms with Gasteiger partial charge in [-0.25, -0.2) is 4.79 Å². The molecule has 0 heterocycles. The summed E-state index contributed by atoms with van der Waals surface area (Å²) in [7, 11) is 0. The number of aromatic hydroxyl groups is 1. The number of aliphatic carboxylic acids is 2. The summed E-state index contributed by atoms with van der Waals surface area (Å²) in [5, 5.41) is 35.0. The van der Waals surface area contributed by atoms with Gasteiger partial charge in [0, 0.05) is 12.8 Å². The van der Waals surface area contributed by atoms with E-state index in [0.717, 1.165) is 5.56 Å². The van der Waals surface area contributed by atoms with Gasteiger partial charge in [0.1, 0.15) is 23.9 Å². The zero-order valence-corrected chi connectivity index (χ0v) is 22.0. The van der Waals surface area contributed by atoms with Gasteiger partial charge < -0.3 is 42.7 Å². The number of carboxylic acids is 2. The summed E-state index contributed by atoms with van der Waals surface area (Å²) in [6, 6.07) is 9.12. The van der Waals surface area contributed by atoms with E-state index in [0.29, 0.717) is 5.56 Å². The number of amides is 4. The highest BCUT2D eigenvalue weighted by Gasteiger charge is 2.31. The molecule has 0 aliphatic carbocycles. The van der Waals surface area contributed by atoms with E-state index < -0.39 is 79.0 Å². The van der Waals surface area contributed by atoms with Crippen molar-refractivity contribution in [3.63, 3.8) is 0 Å². The quantitative estimate of drug-likeness (QED) is 0.119. The molecule has 41 heavy (non-hydrogen) atoms. The minimum Gasteiger partial charge on any atom is -0.508 e. The number of phenolic OH excluding ortho intramolecular Hbond substituents is 1. The molecular formula is C27H33N5O9. The summed E-state index contributed by atoms with van der Waals surface area (Å²) in [5.74, 6) is -6.51. The standard InChI is InChI=1S/C27H33N5O9/c28-18(12-15-4-2-1-3-5-15)24(37)31-20(13-16-6-8-17(33)9-7-16)26(39)30-19(10-11-23(35)36)25(38)32-21(27(40)41)14-22(29)34/h1-9,18-21,33H,10-14,28H2,(H2,29,34)(H,30,39)(H,31,37)(H,32,38)(H,35,36)(H,40,41). The van der Waals surface area contributed by atoms with Gasteiger partial charge in [-0.2, -0.15) is 0 Å².